The van der Waals surface area contributed by atoms with Gasteiger partial charge in [0.15, 0.2) is 5.69 Å². The van der Waals surface area contributed by atoms with Crippen LogP contribution in [0.5, 0.6) is 0 Å². The Bertz CT molecular complexity index is 1000. The van der Waals surface area contributed by atoms with Crippen LogP contribution in [-0.4, -0.2) is 87.9 Å². The fourth-order valence-electron chi connectivity index (χ4n) is 6.50. The number of benzene rings is 1. The summed E-state index contributed by atoms with van der Waals surface area (Å²) in [6.07, 6.45) is 6.18. The summed E-state index contributed by atoms with van der Waals surface area (Å²) in [4.78, 5) is 20.6. The Balaban J connectivity index is 1.22. The second kappa shape index (κ2) is 10.4. The molecule has 3 aliphatic rings. The molecule has 0 saturated carbocycles. The highest BCUT2D eigenvalue weighted by Gasteiger charge is 2.35. The van der Waals surface area contributed by atoms with E-state index in [4.69, 9.17) is 9.84 Å². The molecule has 2 aliphatic heterocycles. The molecular weight excluding hydrogens is 438 g/mol. The number of morpholine rings is 1. The number of hydrogen-bond acceptors (Lipinski definition) is 5. The first kappa shape index (κ1) is 24.5. The van der Waals surface area contributed by atoms with Crippen molar-refractivity contribution in [1.82, 2.24) is 24.5 Å². The number of rotatable bonds is 5. The van der Waals surface area contributed by atoms with Crippen molar-refractivity contribution in [3.8, 4) is 0 Å². The molecule has 0 N–H and O–H groups in total. The first-order valence-electron chi connectivity index (χ1n) is 13.4. The molecule has 1 aromatic carbocycles. The van der Waals surface area contributed by atoms with Crippen LogP contribution in [0.4, 0.5) is 0 Å². The number of carbonyl (C=O) groups excluding carboxylic acids is 1. The standard InChI is InChI=1S/C28H41N5O2/c1-20-17-33(18-21(2)35-20)23-12-14-32(15-13-23)24-10-11-26-25(16-24)27(29-31(26)4)28(34)30(3)19-22-8-6-5-7-9-22/h5-9,20-21,23-24H,10-19H2,1-4H3/t20-,21+,24-/m0/s1. The molecule has 3 heterocycles. The van der Waals surface area contributed by atoms with Crippen LogP contribution in [0, 0.1) is 0 Å². The third-order valence-electron chi connectivity index (χ3n) is 8.22. The Morgan fingerprint density at radius 1 is 1.03 bits per heavy atom. The monoisotopic (exact) mass is 479 g/mol. The first-order chi connectivity index (χ1) is 16.9. The molecule has 3 atom stereocenters. The van der Waals surface area contributed by atoms with E-state index in [2.05, 4.69) is 35.8 Å². The van der Waals surface area contributed by atoms with Crippen LogP contribution in [0.25, 0.3) is 0 Å². The summed E-state index contributed by atoms with van der Waals surface area (Å²) in [5.41, 5.74) is 4.20. The molecule has 0 unspecified atom stereocenters. The minimum absolute atomic E-state index is 0.0284. The molecule has 0 bridgehead atoms. The predicted octanol–water partition coefficient (Wildman–Crippen LogP) is 3.12. The lowest BCUT2D eigenvalue weighted by molar-refractivity contribution is -0.0875. The van der Waals surface area contributed by atoms with Gasteiger partial charge in [-0.25, -0.2) is 0 Å². The summed E-state index contributed by atoms with van der Waals surface area (Å²) < 4.78 is 7.89. The average molecular weight is 480 g/mol. The number of carbonyl (C=O) groups is 1. The first-order valence-corrected chi connectivity index (χ1v) is 13.4. The van der Waals surface area contributed by atoms with Gasteiger partial charge in [0.2, 0.25) is 0 Å². The molecule has 0 spiro atoms. The second-order valence-electron chi connectivity index (χ2n) is 10.9. The molecule has 1 amide bonds. The van der Waals surface area contributed by atoms with Crippen LogP contribution in [0.15, 0.2) is 30.3 Å². The number of ether oxygens (including phenoxy) is 1. The van der Waals surface area contributed by atoms with Gasteiger partial charge in [0.1, 0.15) is 0 Å². The van der Waals surface area contributed by atoms with Gasteiger partial charge in [0.25, 0.3) is 5.91 Å². The summed E-state index contributed by atoms with van der Waals surface area (Å²) in [5.74, 6) is 0.0284. The molecule has 1 aliphatic carbocycles. The van der Waals surface area contributed by atoms with Gasteiger partial charge >= 0.3 is 0 Å². The lowest BCUT2D eigenvalue weighted by Gasteiger charge is -2.45. The zero-order valence-electron chi connectivity index (χ0n) is 21.8. The van der Waals surface area contributed by atoms with Crippen LogP contribution in [0.2, 0.25) is 0 Å². The smallest absolute Gasteiger partial charge is 0.274 e. The number of aromatic nitrogens is 2. The van der Waals surface area contributed by atoms with Gasteiger partial charge in [-0.1, -0.05) is 30.3 Å². The molecule has 2 fully saturated rings. The molecule has 190 valence electrons. The predicted molar refractivity (Wildman–Crippen MR) is 137 cm³/mol. The number of amides is 1. The van der Waals surface area contributed by atoms with Gasteiger partial charge in [-0.15, -0.1) is 0 Å². The quantitative estimate of drug-likeness (QED) is 0.660. The Labute approximate surface area is 210 Å². The van der Waals surface area contributed by atoms with E-state index in [1.807, 2.05) is 37.0 Å². The van der Waals surface area contributed by atoms with Crippen molar-refractivity contribution in [2.45, 2.75) is 76.8 Å². The lowest BCUT2D eigenvalue weighted by Crippen LogP contribution is -2.54. The van der Waals surface area contributed by atoms with Crippen molar-refractivity contribution in [2.75, 3.05) is 33.2 Å². The molecular formula is C28H41N5O2. The highest BCUT2D eigenvalue weighted by Crippen LogP contribution is 2.30. The number of aryl methyl sites for hydroxylation is 1. The minimum atomic E-state index is 0.0284. The van der Waals surface area contributed by atoms with Crippen LogP contribution in [-0.2, 0) is 31.2 Å². The van der Waals surface area contributed by atoms with Gasteiger partial charge in [-0.3, -0.25) is 19.3 Å². The third-order valence-corrected chi connectivity index (χ3v) is 8.22. The summed E-state index contributed by atoms with van der Waals surface area (Å²) in [5, 5.41) is 4.71. The molecule has 2 aromatic rings. The SMILES string of the molecule is C[C@@H]1CN(C2CCN([C@H]3CCc4c(c(C(=O)N(C)Cc5ccccc5)nn4C)C3)CC2)C[C@H](C)O1. The zero-order chi connectivity index (χ0) is 24.5. The summed E-state index contributed by atoms with van der Waals surface area (Å²) in [6.45, 7) is 9.38. The van der Waals surface area contributed by atoms with Crippen molar-refractivity contribution >= 4 is 5.91 Å². The fourth-order valence-corrected chi connectivity index (χ4v) is 6.50. The van der Waals surface area contributed by atoms with Crippen molar-refractivity contribution in [1.29, 1.82) is 0 Å². The van der Waals surface area contributed by atoms with Crippen molar-refractivity contribution in [3.63, 3.8) is 0 Å². The Morgan fingerprint density at radius 2 is 1.71 bits per heavy atom. The number of nitrogens with zero attached hydrogens (tertiary/aromatic N) is 5. The molecule has 35 heavy (non-hydrogen) atoms. The zero-order valence-corrected chi connectivity index (χ0v) is 21.8. The van der Waals surface area contributed by atoms with Crippen LogP contribution >= 0.6 is 0 Å². The van der Waals surface area contributed by atoms with E-state index in [9.17, 15) is 4.79 Å². The maximum atomic E-state index is 13.4. The van der Waals surface area contributed by atoms with Gasteiger partial charge < -0.3 is 9.64 Å². The lowest BCUT2D eigenvalue weighted by atomic mass is 9.88. The Morgan fingerprint density at radius 3 is 2.40 bits per heavy atom. The van der Waals surface area contributed by atoms with E-state index in [0.717, 1.165) is 51.0 Å². The molecule has 1 aromatic heterocycles. The third kappa shape index (κ3) is 5.32. The summed E-state index contributed by atoms with van der Waals surface area (Å²) >= 11 is 0. The number of piperidine rings is 1. The highest BCUT2D eigenvalue weighted by atomic mass is 16.5. The Hall–Kier alpha value is -2.22. The van der Waals surface area contributed by atoms with E-state index in [1.165, 1.54) is 24.1 Å². The van der Waals surface area contributed by atoms with Crippen molar-refractivity contribution in [3.05, 3.63) is 52.8 Å². The number of hydrogen-bond donors (Lipinski definition) is 0. The van der Waals surface area contributed by atoms with E-state index >= 15 is 0 Å². The molecule has 7 heteroatoms. The second-order valence-corrected chi connectivity index (χ2v) is 10.9. The van der Waals surface area contributed by atoms with Gasteiger partial charge in [0.05, 0.1) is 12.2 Å². The van der Waals surface area contributed by atoms with Crippen LogP contribution in [0.1, 0.15) is 60.4 Å². The van der Waals surface area contributed by atoms with Crippen LogP contribution in [0.3, 0.4) is 0 Å². The van der Waals surface area contributed by atoms with E-state index in [-0.39, 0.29) is 5.91 Å². The maximum Gasteiger partial charge on any atom is 0.274 e. The number of likely N-dealkylation sites (tertiary alicyclic amines) is 1. The molecule has 5 rings (SSSR count). The van der Waals surface area contributed by atoms with Gasteiger partial charge in [0, 0.05) is 57.1 Å². The largest absolute Gasteiger partial charge is 0.373 e. The van der Waals surface area contributed by atoms with E-state index in [1.54, 1.807) is 4.90 Å². The summed E-state index contributed by atoms with van der Waals surface area (Å²) in [7, 11) is 3.87. The average Bonchev–Trinajstić information content (AvgIpc) is 3.19. The van der Waals surface area contributed by atoms with Gasteiger partial charge in [-0.05, 0) is 64.6 Å². The van der Waals surface area contributed by atoms with E-state index in [0.29, 0.717) is 36.5 Å². The molecule has 7 nitrogen and oxygen atoms in total. The molecule has 0 radical (unpaired) electrons. The Kier molecular flexibility index (Phi) is 7.28. The molecule has 2 saturated heterocycles. The topological polar surface area (TPSA) is 53.8 Å². The summed E-state index contributed by atoms with van der Waals surface area (Å²) in [6, 6.07) is 11.3. The maximum absolute atomic E-state index is 13.4. The highest BCUT2D eigenvalue weighted by molar-refractivity contribution is 5.94. The van der Waals surface area contributed by atoms with Crippen molar-refractivity contribution < 1.29 is 9.53 Å². The fraction of sp³-hybridized carbons (Fsp3) is 0.643. The normalized spacial score (nSPS) is 26.5. The van der Waals surface area contributed by atoms with Crippen LogP contribution < -0.4 is 0 Å². The van der Waals surface area contributed by atoms with Gasteiger partial charge in [-0.2, -0.15) is 5.10 Å². The van der Waals surface area contributed by atoms with E-state index < -0.39 is 0 Å². The van der Waals surface area contributed by atoms with Crippen molar-refractivity contribution in [2.24, 2.45) is 7.05 Å². The number of fused-ring (bicyclic) bond motifs is 1. The minimum Gasteiger partial charge on any atom is -0.373 e.